The van der Waals surface area contributed by atoms with Gasteiger partial charge in [-0.1, -0.05) is 18.2 Å². The Kier molecular flexibility index (Phi) is 3.70. The minimum atomic E-state index is -4.53. The zero-order chi connectivity index (χ0) is 17.6. The molecule has 124 valence electrons. The minimum Gasteiger partial charge on any atom is -0.317 e. The number of hydrogen-bond donors (Lipinski definition) is 0. The summed E-state index contributed by atoms with van der Waals surface area (Å²) in [5, 5.41) is 0.814. The highest BCUT2D eigenvalue weighted by Crippen LogP contribution is 2.36. The number of alkyl halides is 3. The number of halogens is 3. The minimum absolute atomic E-state index is 0.0380. The van der Waals surface area contributed by atoms with E-state index in [4.69, 9.17) is 0 Å². The van der Waals surface area contributed by atoms with E-state index in [-0.39, 0.29) is 11.1 Å². The quantitative estimate of drug-likeness (QED) is 0.668. The van der Waals surface area contributed by atoms with Crippen molar-refractivity contribution in [1.82, 2.24) is 9.55 Å². The van der Waals surface area contributed by atoms with Gasteiger partial charge in [0.25, 0.3) is 5.56 Å². The Morgan fingerprint density at radius 2 is 1.83 bits per heavy atom. The van der Waals surface area contributed by atoms with Gasteiger partial charge in [0.1, 0.15) is 0 Å². The van der Waals surface area contributed by atoms with E-state index in [2.05, 4.69) is 4.98 Å². The lowest BCUT2D eigenvalue weighted by atomic mass is 9.95. The Hall–Kier alpha value is -2.63. The molecule has 0 fully saturated rings. The molecular weight excluding hydrogens is 317 g/mol. The van der Waals surface area contributed by atoms with Gasteiger partial charge in [-0.25, -0.2) is 0 Å². The fourth-order valence-corrected chi connectivity index (χ4v) is 2.94. The molecule has 0 amide bonds. The molecular formula is C18H15F3N2O. The molecule has 0 N–H and O–H groups in total. The van der Waals surface area contributed by atoms with E-state index in [1.54, 1.807) is 24.4 Å². The summed E-state index contributed by atoms with van der Waals surface area (Å²) in [6, 6.07) is 7.05. The zero-order valence-corrected chi connectivity index (χ0v) is 13.4. The molecule has 3 aromatic rings. The van der Waals surface area contributed by atoms with Crippen LogP contribution in [-0.2, 0) is 13.2 Å². The molecule has 2 aromatic heterocycles. The summed E-state index contributed by atoms with van der Waals surface area (Å²) in [5.41, 5.74) is 0.554. The van der Waals surface area contributed by atoms with E-state index < -0.39 is 17.3 Å². The van der Waals surface area contributed by atoms with Crippen LogP contribution in [-0.4, -0.2) is 9.55 Å². The summed E-state index contributed by atoms with van der Waals surface area (Å²) < 4.78 is 40.9. The Morgan fingerprint density at radius 1 is 1.12 bits per heavy atom. The number of nitrogens with zero attached hydrogens (tertiary/aromatic N) is 2. The van der Waals surface area contributed by atoms with Crippen molar-refractivity contribution in [2.24, 2.45) is 7.05 Å². The van der Waals surface area contributed by atoms with Crippen LogP contribution in [0.5, 0.6) is 0 Å². The maximum Gasteiger partial charge on any atom is 0.418 e. The Bertz CT molecular complexity index is 1000. The summed E-state index contributed by atoms with van der Waals surface area (Å²) in [6.07, 6.45) is -2.12. The van der Waals surface area contributed by atoms with E-state index in [9.17, 15) is 18.0 Å². The third-order valence-corrected chi connectivity index (χ3v) is 4.20. The Labute approximate surface area is 136 Å². The molecule has 0 saturated heterocycles. The Morgan fingerprint density at radius 3 is 2.50 bits per heavy atom. The largest absolute Gasteiger partial charge is 0.418 e. The lowest BCUT2D eigenvalue weighted by Crippen LogP contribution is -2.24. The van der Waals surface area contributed by atoms with E-state index in [1.807, 2.05) is 13.0 Å². The summed E-state index contributed by atoms with van der Waals surface area (Å²) >= 11 is 0. The van der Waals surface area contributed by atoms with Crippen LogP contribution >= 0.6 is 0 Å². The van der Waals surface area contributed by atoms with Crippen molar-refractivity contribution < 1.29 is 13.2 Å². The molecule has 0 aliphatic rings. The summed E-state index contributed by atoms with van der Waals surface area (Å²) in [6.45, 7) is 3.22. The number of benzene rings is 1. The second kappa shape index (κ2) is 5.47. The van der Waals surface area contributed by atoms with Gasteiger partial charge in [-0.15, -0.1) is 0 Å². The molecule has 3 nitrogen and oxygen atoms in total. The second-order valence-corrected chi connectivity index (χ2v) is 5.79. The fourth-order valence-electron chi connectivity index (χ4n) is 2.94. The van der Waals surface area contributed by atoms with Crippen molar-refractivity contribution in [3.8, 4) is 11.1 Å². The van der Waals surface area contributed by atoms with Crippen molar-refractivity contribution >= 4 is 10.9 Å². The van der Waals surface area contributed by atoms with Crippen LogP contribution in [0.25, 0.3) is 22.0 Å². The number of fused-ring (bicyclic) bond motifs is 1. The maximum absolute atomic E-state index is 13.3. The van der Waals surface area contributed by atoms with E-state index >= 15 is 0 Å². The van der Waals surface area contributed by atoms with E-state index in [1.165, 1.54) is 14.0 Å². The van der Waals surface area contributed by atoms with Crippen LogP contribution in [0.1, 0.15) is 16.7 Å². The standard InChI is InChI=1S/C18H15F3N2O/c1-10-6-7-13(16-12(10)5-4-8-22-16)15-11(2)14(18(19,20)21)9-23(3)17(15)24/h4-9H,1-3H3. The molecule has 3 rings (SSSR count). The molecule has 0 bridgehead atoms. The number of aromatic nitrogens is 2. The van der Waals surface area contributed by atoms with Crippen molar-refractivity contribution in [3.05, 3.63) is 63.7 Å². The molecule has 0 radical (unpaired) electrons. The van der Waals surface area contributed by atoms with Crippen LogP contribution in [0.4, 0.5) is 13.2 Å². The van der Waals surface area contributed by atoms with Crippen LogP contribution in [0.2, 0.25) is 0 Å². The van der Waals surface area contributed by atoms with Gasteiger partial charge >= 0.3 is 6.18 Å². The number of rotatable bonds is 1. The van der Waals surface area contributed by atoms with Crippen molar-refractivity contribution in [2.45, 2.75) is 20.0 Å². The van der Waals surface area contributed by atoms with Crippen molar-refractivity contribution in [3.63, 3.8) is 0 Å². The number of hydrogen-bond acceptors (Lipinski definition) is 2. The Balaban J connectivity index is 2.46. The van der Waals surface area contributed by atoms with Gasteiger partial charge in [-0.3, -0.25) is 9.78 Å². The highest BCUT2D eigenvalue weighted by Gasteiger charge is 2.35. The van der Waals surface area contributed by atoms with Crippen LogP contribution in [0.3, 0.4) is 0 Å². The number of aryl methyl sites for hydroxylation is 2. The maximum atomic E-state index is 13.3. The van der Waals surface area contributed by atoms with E-state index in [0.717, 1.165) is 21.7 Å². The van der Waals surface area contributed by atoms with Crippen molar-refractivity contribution in [1.29, 1.82) is 0 Å². The monoisotopic (exact) mass is 332 g/mol. The first kappa shape index (κ1) is 16.2. The lowest BCUT2D eigenvalue weighted by Gasteiger charge is -2.17. The van der Waals surface area contributed by atoms with Gasteiger partial charge in [0, 0.05) is 30.4 Å². The van der Waals surface area contributed by atoms with Crippen molar-refractivity contribution in [2.75, 3.05) is 0 Å². The highest BCUT2D eigenvalue weighted by atomic mass is 19.4. The van der Waals surface area contributed by atoms with Crippen LogP contribution in [0, 0.1) is 13.8 Å². The first-order valence-electron chi connectivity index (χ1n) is 7.34. The third-order valence-electron chi connectivity index (χ3n) is 4.20. The molecule has 0 aliphatic heterocycles. The van der Waals surface area contributed by atoms with Gasteiger partial charge in [0.2, 0.25) is 0 Å². The SMILES string of the molecule is Cc1c(C(F)(F)F)cn(C)c(=O)c1-c1ccc(C)c2cccnc12. The smallest absolute Gasteiger partial charge is 0.317 e. The summed E-state index contributed by atoms with van der Waals surface area (Å²) in [4.78, 5) is 16.9. The van der Waals surface area contributed by atoms with Gasteiger partial charge in [0.15, 0.2) is 0 Å². The first-order valence-corrected chi connectivity index (χ1v) is 7.34. The zero-order valence-electron chi connectivity index (χ0n) is 13.4. The predicted molar refractivity (Wildman–Crippen MR) is 86.9 cm³/mol. The normalized spacial score (nSPS) is 11.9. The highest BCUT2D eigenvalue weighted by molar-refractivity contribution is 5.96. The fraction of sp³-hybridized carbons (Fsp3) is 0.222. The van der Waals surface area contributed by atoms with Crippen LogP contribution < -0.4 is 5.56 Å². The average molecular weight is 332 g/mol. The molecule has 0 atom stereocenters. The predicted octanol–water partition coefficient (Wildman–Crippen LogP) is 4.24. The molecule has 1 aromatic carbocycles. The third kappa shape index (κ3) is 2.48. The van der Waals surface area contributed by atoms with Crippen LogP contribution in [0.15, 0.2) is 41.5 Å². The first-order chi connectivity index (χ1) is 11.2. The second-order valence-electron chi connectivity index (χ2n) is 5.79. The topological polar surface area (TPSA) is 34.9 Å². The molecule has 0 saturated carbocycles. The molecule has 2 heterocycles. The van der Waals surface area contributed by atoms with Gasteiger partial charge < -0.3 is 4.57 Å². The molecule has 0 unspecified atom stereocenters. The average Bonchev–Trinajstić information content (AvgIpc) is 2.52. The van der Waals surface area contributed by atoms with Gasteiger partial charge in [-0.2, -0.15) is 13.2 Å². The lowest BCUT2D eigenvalue weighted by molar-refractivity contribution is -0.138. The van der Waals surface area contributed by atoms with Gasteiger partial charge in [-0.05, 0) is 31.0 Å². The molecule has 24 heavy (non-hydrogen) atoms. The summed E-state index contributed by atoms with van der Waals surface area (Å²) in [5.74, 6) is 0. The molecule has 0 aliphatic carbocycles. The van der Waals surface area contributed by atoms with Gasteiger partial charge in [0.05, 0.1) is 16.6 Å². The summed E-state index contributed by atoms with van der Waals surface area (Å²) in [7, 11) is 1.32. The molecule has 6 heteroatoms. The molecule has 0 spiro atoms. The number of pyridine rings is 2. The van der Waals surface area contributed by atoms with E-state index in [0.29, 0.717) is 11.1 Å².